The first-order valence-electron chi connectivity index (χ1n) is 7.47. The summed E-state index contributed by atoms with van der Waals surface area (Å²) in [7, 11) is 0. The zero-order valence-electron chi connectivity index (χ0n) is 13.8. The summed E-state index contributed by atoms with van der Waals surface area (Å²) < 4.78 is 0. The summed E-state index contributed by atoms with van der Waals surface area (Å²) in [4.78, 5) is 0. The molecule has 0 fully saturated rings. The van der Waals surface area contributed by atoms with Crippen molar-refractivity contribution in [2.24, 2.45) is 5.92 Å². The van der Waals surface area contributed by atoms with Gasteiger partial charge in [0.25, 0.3) is 0 Å². The van der Waals surface area contributed by atoms with E-state index in [2.05, 4.69) is 62.3 Å². The molecule has 0 heteroatoms. The molecule has 0 unspecified atom stereocenters. The van der Waals surface area contributed by atoms with Gasteiger partial charge in [-0.3, -0.25) is 0 Å². The number of unbranched alkanes of at least 4 members (excludes halogenated alkanes) is 3. The molecule has 0 amide bonds. The van der Waals surface area contributed by atoms with Crippen molar-refractivity contribution < 1.29 is 0 Å². The van der Waals surface area contributed by atoms with Crippen molar-refractivity contribution >= 4 is 0 Å². The SMILES string of the molecule is CC(C)C.CCC.CCCC.CCCCC. The Bertz CT molecular complexity index is 48.3. The van der Waals surface area contributed by atoms with Crippen LogP contribution in [0.3, 0.4) is 0 Å². The molecule has 0 aliphatic heterocycles. The predicted molar refractivity (Wildman–Crippen MR) is 82.3 cm³/mol. The predicted octanol–water partition coefficient (Wildman–Crippen LogP) is 7.08. The summed E-state index contributed by atoms with van der Waals surface area (Å²) in [6.07, 6.45) is 7.97. The lowest BCUT2D eigenvalue weighted by Gasteiger charge is -1.79. The molecule has 0 saturated carbocycles. The molecule has 0 N–H and O–H groups in total. The maximum atomic E-state index is 2.21. The second kappa shape index (κ2) is 36.3. The van der Waals surface area contributed by atoms with Gasteiger partial charge in [0.05, 0.1) is 0 Å². The topological polar surface area (TPSA) is 0 Å². The van der Waals surface area contributed by atoms with E-state index in [1.165, 1.54) is 38.5 Å². The molecule has 0 heterocycles. The van der Waals surface area contributed by atoms with Gasteiger partial charge in [0, 0.05) is 0 Å². The van der Waals surface area contributed by atoms with Crippen LogP contribution in [0.25, 0.3) is 0 Å². The Hall–Kier alpha value is 0. The number of rotatable bonds is 3. The molecule has 0 aromatic heterocycles. The van der Waals surface area contributed by atoms with Gasteiger partial charge in [-0.05, 0) is 5.92 Å². The van der Waals surface area contributed by atoms with Crippen LogP contribution in [0.1, 0.15) is 101 Å². The standard InChI is InChI=1S/C5H12.2C4H10.C3H8/c1-3-5-4-2;1-4(2)3;1-3-4-2;1-3-2/h3-5H2,1-2H3;4H,1-3H3;3-4H2,1-2H3;3H2,1-2H3. The lowest BCUT2D eigenvalue weighted by atomic mass is 10.3. The van der Waals surface area contributed by atoms with Gasteiger partial charge in [0.2, 0.25) is 0 Å². The van der Waals surface area contributed by atoms with Gasteiger partial charge in [-0.1, -0.05) is 101 Å². The normalized spacial score (nSPS) is 7.88. The van der Waals surface area contributed by atoms with Crippen molar-refractivity contribution in [3.05, 3.63) is 0 Å². The molecule has 0 atom stereocenters. The highest BCUT2D eigenvalue weighted by Crippen LogP contribution is 1.88. The first-order valence-corrected chi connectivity index (χ1v) is 7.47. The summed E-state index contributed by atoms with van der Waals surface area (Å²) in [5.41, 5.74) is 0. The van der Waals surface area contributed by atoms with E-state index in [-0.39, 0.29) is 0 Å². The second-order valence-corrected chi connectivity index (χ2v) is 4.79. The minimum Gasteiger partial charge on any atom is -0.0656 e. The number of hydrogen-bond donors (Lipinski definition) is 0. The minimum absolute atomic E-state index is 0.833. The highest BCUT2D eigenvalue weighted by atomic mass is 13.7. The van der Waals surface area contributed by atoms with Crippen LogP contribution in [-0.2, 0) is 0 Å². The van der Waals surface area contributed by atoms with Gasteiger partial charge in [0.1, 0.15) is 0 Å². The van der Waals surface area contributed by atoms with Crippen LogP contribution in [0, 0.1) is 5.92 Å². The molecular weight excluding hydrogens is 192 g/mol. The van der Waals surface area contributed by atoms with E-state index >= 15 is 0 Å². The molecule has 0 saturated heterocycles. The van der Waals surface area contributed by atoms with Gasteiger partial charge >= 0.3 is 0 Å². The Morgan fingerprint density at radius 2 is 0.750 bits per heavy atom. The lowest BCUT2D eigenvalue weighted by Crippen LogP contribution is -1.66. The monoisotopic (exact) mass is 232 g/mol. The molecule has 0 aliphatic rings. The third-order valence-corrected chi connectivity index (χ3v) is 1.21. The maximum absolute atomic E-state index is 2.21. The Morgan fingerprint density at radius 3 is 0.750 bits per heavy atom. The highest BCUT2D eigenvalue weighted by Gasteiger charge is 1.68. The van der Waals surface area contributed by atoms with Crippen molar-refractivity contribution in [1.82, 2.24) is 0 Å². The molecule has 0 radical (unpaired) electrons. The third kappa shape index (κ3) is 263. The lowest BCUT2D eigenvalue weighted by molar-refractivity contribution is 0.737. The summed E-state index contributed by atoms with van der Waals surface area (Å²) in [5.74, 6) is 0.833. The first-order chi connectivity index (χ1) is 7.47. The highest BCUT2D eigenvalue weighted by molar-refractivity contribution is 4.24. The zero-order chi connectivity index (χ0) is 13.8. The van der Waals surface area contributed by atoms with Crippen LogP contribution in [0.4, 0.5) is 0 Å². The van der Waals surface area contributed by atoms with Gasteiger partial charge in [0.15, 0.2) is 0 Å². The van der Waals surface area contributed by atoms with Crippen LogP contribution >= 0.6 is 0 Å². The molecule has 0 aliphatic carbocycles. The van der Waals surface area contributed by atoms with E-state index in [1.807, 2.05) is 0 Å². The van der Waals surface area contributed by atoms with Gasteiger partial charge in [-0.25, -0.2) is 0 Å². The summed E-state index contributed by atoms with van der Waals surface area (Å²) in [5, 5.41) is 0. The van der Waals surface area contributed by atoms with E-state index in [0.29, 0.717) is 0 Å². The molecule has 104 valence electrons. The minimum atomic E-state index is 0.833. The molecule has 0 spiro atoms. The Kier molecular flexibility index (Phi) is 56.7. The van der Waals surface area contributed by atoms with Gasteiger partial charge in [-0.2, -0.15) is 0 Å². The molecule has 0 aromatic rings. The fraction of sp³-hybridized carbons (Fsp3) is 1.00. The van der Waals surface area contributed by atoms with Crippen molar-refractivity contribution in [3.63, 3.8) is 0 Å². The largest absolute Gasteiger partial charge is 0.0656 e. The average Bonchev–Trinajstić information content (AvgIpc) is 2.20. The van der Waals surface area contributed by atoms with Crippen LogP contribution in [0.5, 0.6) is 0 Å². The Labute approximate surface area is 107 Å². The molecule has 16 heavy (non-hydrogen) atoms. The first kappa shape index (κ1) is 25.0. The molecular formula is C16H40. The third-order valence-electron chi connectivity index (χ3n) is 1.21. The fourth-order valence-corrected chi connectivity index (χ4v) is 0.354. The fourth-order valence-electron chi connectivity index (χ4n) is 0.354. The summed E-state index contributed by atoms with van der Waals surface area (Å²) >= 11 is 0. The molecule has 0 aromatic carbocycles. The molecule has 0 rings (SSSR count). The second-order valence-electron chi connectivity index (χ2n) is 4.79. The van der Waals surface area contributed by atoms with Crippen molar-refractivity contribution in [1.29, 1.82) is 0 Å². The maximum Gasteiger partial charge on any atom is -0.0500 e. The smallest absolute Gasteiger partial charge is 0.0500 e. The van der Waals surface area contributed by atoms with E-state index in [9.17, 15) is 0 Å². The van der Waals surface area contributed by atoms with Crippen LogP contribution in [-0.4, -0.2) is 0 Å². The van der Waals surface area contributed by atoms with Crippen LogP contribution in [0.15, 0.2) is 0 Å². The molecule has 0 nitrogen and oxygen atoms in total. The van der Waals surface area contributed by atoms with Crippen molar-refractivity contribution in [3.8, 4) is 0 Å². The Balaban J connectivity index is -0.0000000610. The van der Waals surface area contributed by atoms with Crippen molar-refractivity contribution in [2.45, 2.75) is 101 Å². The summed E-state index contributed by atoms with van der Waals surface area (Å²) in [6.45, 7) is 19.5. The van der Waals surface area contributed by atoms with E-state index < -0.39 is 0 Å². The average molecular weight is 232 g/mol. The Morgan fingerprint density at radius 1 is 0.562 bits per heavy atom. The zero-order valence-corrected chi connectivity index (χ0v) is 13.8. The number of hydrogen-bond acceptors (Lipinski definition) is 0. The quantitative estimate of drug-likeness (QED) is 0.487. The van der Waals surface area contributed by atoms with Crippen LogP contribution < -0.4 is 0 Å². The summed E-state index contributed by atoms with van der Waals surface area (Å²) in [6, 6.07) is 0. The van der Waals surface area contributed by atoms with Gasteiger partial charge in [-0.15, -0.1) is 0 Å². The molecule has 0 bridgehead atoms. The van der Waals surface area contributed by atoms with Gasteiger partial charge < -0.3 is 0 Å². The van der Waals surface area contributed by atoms with Crippen molar-refractivity contribution in [2.75, 3.05) is 0 Å². The van der Waals surface area contributed by atoms with Crippen LogP contribution in [0.2, 0.25) is 0 Å². The van der Waals surface area contributed by atoms with E-state index in [0.717, 1.165) is 5.92 Å². The van der Waals surface area contributed by atoms with E-state index in [1.54, 1.807) is 0 Å². The van der Waals surface area contributed by atoms with E-state index in [4.69, 9.17) is 0 Å².